The van der Waals surface area contributed by atoms with Crippen molar-refractivity contribution in [2.75, 3.05) is 6.61 Å². The Balaban J connectivity index is 2.04. The fraction of sp³-hybridized carbons (Fsp3) is 0.545. The average Bonchev–Trinajstić information content (AvgIpc) is 2.96. The Hall–Kier alpha value is -1.85. The minimum atomic E-state index is -1.56. The van der Waals surface area contributed by atoms with Gasteiger partial charge >= 0.3 is 0 Å². The summed E-state index contributed by atoms with van der Waals surface area (Å²) in [4.78, 5) is 22.7. The monoisotopic (exact) mass is 298 g/mol. The van der Waals surface area contributed by atoms with Crippen molar-refractivity contribution in [2.45, 2.75) is 30.6 Å². The number of H-pyrrole nitrogens is 1. The number of rotatable bonds is 2. The van der Waals surface area contributed by atoms with E-state index >= 15 is 0 Å². The first kappa shape index (κ1) is 14.1. The van der Waals surface area contributed by atoms with Crippen molar-refractivity contribution >= 4 is 11.2 Å². The lowest BCUT2D eigenvalue weighted by Crippen LogP contribution is -2.57. The van der Waals surface area contributed by atoms with Crippen molar-refractivity contribution in [3.05, 3.63) is 23.0 Å². The number of fused-ring (bicyclic) bond motifs is 1. The molecule has 5 N–H and O–H groups in total. The van der Waals surface area contributed by atoms with Crippen LogP contribution in [0.3, 0.4) is 0 Å². The number of ether oxygens (including phenoxy) is 1. The SMILES string of the molecule is O=c1c2[nH]cnc2ncn1C1O[C@H](CO)[C@@H](O)[C@H](O)[C@H]1O. The molecule has 2 aromatic heterocycles. The zero-order chi connectivity index (χ0) is 15.1. The second-order valence-electron chi connectivity index (χ2n) is 4.78. The van der Waals surface area contributed by atoms with Gasteiger partial charge in [0.25, 0.3) is 5.56 Å². The van der Waals surface area contributed by atoms with Crippen molar-refractivity contribution in [2.24, 2.45) is 0 Å². The van der Waals surface area contributed by atoms with Crippen LogP contribution in [0.1, 0.15) is 6.23 Å². The van der Waals surface area contributed by atoms with Gasteiger partial charge in [0.2, 0.25) is 0 Å². The fourth-order valence-corrected chi connectivity index (χ4v) is 2.33. The number of hydrogen-bond donors (Lipinski definition) is 5. The van der Waals surface area contributed by atoms with Gasteiger partial charge in [-0.05, 0) is 0 Å². The lowest BCUT2D eigenvalue weighted by Gasteiger charge is -2.40. The van der Waals surface area contributed by atoms with Crippen LogP contribution in [0.2, 0.25) is 0 Å². The van der Waals surface area contributed by atoms with Gasteiger partial charge in [-0.15, -0.1) is 0 Å². The first-order valence-corrected chi connectivity index (χ1v) is 6.25. The molecule has 10 nitrogen and oxygen atoms in total. The molecule has 3 heterocycles. The van der Waals surface area contributed by atoms with E-state index in [1.54, 1.807) is 0 Å². The Morgan fingerprint density at radius 1 is 1.24 bits per heavy atom. The zero-order valence-electron chi connectivity index (χ0n) is 10.7. The van der Waals surface area contributed by atoms with Gasteiger partial charge in [0.05, 0.1) is 12.9 Å². The van der Waals surface area contributed by atoms with E-state index in [2.05, 4.69) is 15.0 Å². The molecule has 2 aromatic rings. The summed E-state index contributed by atoms with van der Waals surface area (Å²) in [5, 5.41) is 38.6. The Kier molecular flexibility index (Phi) is 3.47. The molecule has 0 aromatic carbocycles. The van der Waals surface area contributed by atoms with Crippen molar-refractivity contribution < 1.29 is 25.2 Å². The highest BCUT2D eigenvalue weighted by Gasteiger charge is 2.44. The van der Waals surface area contributed by atoms with Crippen LogP contribution in [-0.2, 0) is 4.74 Å². The lowest BCUT2D eigenvalue weighted by atomic mass is 9.98. The van der Waals surface area contributed by atoms with Gasteiger partial charge in [-0.25, -0.2) is 9.97 Å². The molecule has 1 fully saturated rings. The summed E-state index contributed by atoms with van der Waals surface area (Å²) in [5.41, 5.74) is -0.225. The molecule has 3 rings (SSSR count). The summed E-state index contributed by atoms with van der Waals surface area (Å²) in [6, 6.07) is 0. The average molecular weight is 298 g/mol. The van der Waals surface area contributed by atoms with Crippen molar-refractivity contribution in [1.29, 1.82) is 0 Å². The second-order valence-corrected chi connectivity index (χ2v) is 4.78. The maximum atomic E-state index is 12.3. The van der Waals surface area contributed by atoms with Gasteiger partial charge < -0.3 is 30.1 Å². The Morgan fingerprint density at radius 3 is 2.71 bits per heavy atom. The smallest absolute Gasteiger partial charge is 0.281 e. The first-order chi connectivity index (χ1) is 10.0. The minimum Gasteiger partial charge on any atom is -0.394 e. The molecule has 10 heteroatoms. The van der Waals surface area contributed by atoms with Crippen LogP contribution >= 0.6 is 0 Å². The van der Waals surface area contributed by atoms with E-state index in [0.717, 1.165) is 10.9 Å². The number of nitrogens with one attached hydrogen (secondary N) is 1. The maximum Gasteiger partial charge on any atom is 0.281 e. The number of imidazole rings is 1. The van der Waals surface area contributed by atoms with Crippen molar-refractivity contribution in [1.82, 2.24) is 19.5 Å². The molecule has 21 heavy (non-hydrogen) atoms. The molecule has 0 saturated carbocycles. The Morgan fingerprint density at radius 2 is 2.00 bits per heavy atom. The van der Waals surface area contributed by atoms with E-state index < -0.39 is 42.8 Å². The normalized spacial score (nSPS) is 33.4. The molecule has 1 unspecified atom stereocenters. The summed E-state index contributed by atoms with van der Waals surface area (Å²) < 4.78 is 6.28. The molecule has 0 amide bonds. The molecule has 0 bridgehead atoms. The molecule has 0 radical (unpaired) electrons. The third-order valence-corrected chi connectivity index (χ3v) is 3.51. The molecular weight excluding hydrogens is 284 g/mol. The summed E-state index contributed by atoms with van der Waals surface area (Å²) >= 11 is 0. The number of aromatic nitrogens is 4. The van der Waals surface area contributed by atoms with Crippen LogP contribution < -0.4 is 5.56 Å². The van der Waals surface area contributed by atoms with Crippen LogP contribution in [-0.4, -0.2) is 71.0 Å². The van der Waals surface area contributed by atoms with E-state index in [1.807, 2.05) is 0 Å². The van der Waals surface area contributed by atoms with Crippen LogP contribution in [0, 0.1) is 0 Å². The molecule has 1 saturated heterocycles. The molecule has 1 aliphatic rings. The molecule has 5 atom stereocenters. The molecular formula is C11H14N4O6. The van der Waals surface area contributed by atoms with E-state index in [4.69, 9.17) is 9.84 Å². The van der Waals surface area contributed by atoms with E-state index in [0.29, 0.717) is 0 Å². The van der Waals surface area contributed by atoms with Gasteiger partial charge in [0.15, 0.2) is 17.4 Å². The predicted octanol–water partition coefficient (Wildman–Crippen LogP) is -2.91. The van der Waals surface area contributed by atoms with E-state index in [1.165, 1.54) is 6.33 Å². The summed E-state index contributed by atoms with van der Waals surface area (Å²) in [7, 11) is 0. The standard InChI is InChI=1S/C11H14N4O6/c16-1-4-6(17)7(18)8(19)11(21-4)15-3-14-9-5(10(15)20)12-2-13-9/h2-4,6-8,11,16-19H,1H2,(H,12,13)/t4-,6-,7+,8-,11?/m1/s1. The van der Waals surface area contributed by atoms with Gasteiger partial charge in [-0.2, -0.15) is 0 Å². The third-order valence-electron chi connectivity index (χ3n) is 3.51. The Labute approximate surface area is 117 Å². The highest BCUT2D eigenvalue weighted by Crippen LogP contribution is 2.27. The number of aliphatic hydroxyl groups is 4. The van der Waals surface area contributed by atoms with E-state index in [9.17, 15) is 20.1 Å². The number of nitrogens with zero attached hydrogens (tertiary/aromatic N) is 3. The Bertz CT molecular complexity index is 697. The summed E-state index contributed by atoms with van der Waals surface area (Å²) in [6.45, 7) is -0.573. The first-order valence-electron chi connectivity index (χ1n) is 6.25. The quantitative estimate of drug-likeness (QED) is 0.395. The second kappa shape index (κ2) is 5.16. The lowest BCUT2D eigenvalue weighted by molar-refractivity contribution is -0.252. The molecule has 0 spiro atoms. The van der Waals surface area contributed by atoms with Gasteiger partial charge in [-0.3, -0.25) is 9.36 Å². The van der Waals surface area contributed by atoms with Gasteiger partial charge in [-0.1, -0.05) is 0 Å². The molecule has 114 valence electrons. The van der Waals surface area contributed by atoms with Gasteiger partial charge in [0, 0.05) is 0 Å². The number of aromatic amines is 1. The summed E-state index contributed by atoms with van der Waals surface area (Å²) in [5.74, 6) is 0. The van der Waals surface area contributed by atoms with Crippen LogP contribution in [0.15, 0.2) is 17.4 Å². The van der Waals surface area contributed by atoms with Crippen LogP contribution in [0.4, 0.5) is 0 Å². The van der Waals surface area contributed by atoms with E-state index in [-0.39, 0.29) is 11.2 Å². The largest absolute Gasteiger partial charge is 0.394 e. The van der Waals surface area contributed by atoms with Crippen molar-refractivity contribution in [3.8, 4) is 0 Å². The fourth-order valence-electron chi connectivity index (χ4n) is 2.33. The minimum absolute atomic E-state index is 0.120. The maximum absolute atomic E-state index is 12.3. The molecule has 0 aliphatic carbocycles. The number of aliphatic hydroxyl groups excluding tert-OH is 4. The third kappa shape index (κ3) is 2.13. The molecule has 1 aliphatic heterocycles. The van der Waals surface area contributed by atoms with Gasteiger partial charge in [0.1, 0.15) is 30.7 Å². The topological polar surface area (TPSA) is 154 Å². The highest BCUT2D eigenvalue weighted by molar-refractivity contribution is 5.67. The van der Waals surface area contributed by atoms with Crippen molar-refractivity contribution in [3.63, 3.8) is 0 Å². The van der Waals surface area contributed by atoms with Crippen LogP contribution in [0.25, 0.3) is 11.2 Å². The van der Waals surface area contributed by atoms with Crippen LogP contribution in [0.5, 0.6) is 0 Å². The predicted molar refractivity (Wildman–Crippen MR) is 67.2 cm³/mol. The summed E-state index contributed by atoms with van der Waals surface area (Å²) in [6.07, 6.45) is -4.56. The highest BCUT2D eigenvalue weighted by atomic mass is 16.6. The number of hydrogen-bond acceptors (Lipinski definition) is 8. The zero-order valence-corrected chi connectivity index (χ0v) is 10.7.